The van der Waals surface area contributed by atoms with E-state index in [9.17, 15) is 0 Å². The van der Waals surface area contributed by atoms with E-state index in [0.29, 0.717) is 0 Å². The molecular formula is C16H19N7. The van der Waals surface area contributed by atoms with Gasteiger partial charge in [-0.1, -0.05) is 5.21 Å². The number of rotatable bonds is 4. The van der Waals surface area contributed by atoms with Gasteiger partial charge in [-0.2, -0.15) is 0 Å². The second kappa shape index (κ2) is 6.29. The summed E-state index contributed by atoms with van der Waals surface area (Å²) in [4.78, 5) is 10.6. The van der Waals surface area contributed by atoms with Gasteiger partial charge in [0.1, 0.15) is 5.69 Å². The van der Waals surface area contributed by atoms with Crippen LogP contribution in [0.4, 0.5) is 0 Å². The summed E-state index contributed by atoms with van der Waals surface area (Å²) in [5.41, 5.74) is 3.53. The van der Waals surface area contributed by atoms with Gasteiger partial charge in [-0.15, -0.1) is 5.10 Å². The Hall–Kier alpha value is -2.54. The lowest BCUT2D eigenvalue weighted by molar-refractivity contribution is 0.260. The number of hydrogen-bond donors (Lipinski definition) is 0. The van der Waals surface area contributed by atoms with E-state index in [2.05, 4.69) is 42.0 Å². The van der Waals surface area contributed by atoms with Gasteiger partial charge in [0.15, 0.2) is 0 Å². The minimum atomic E-state index is 0.721. The number of hydrogen-bond acceptors (Lipinski definition) is 5. The number of aromatic nitrogens is 6. The maximum atomic E-state index is 4.38. The molecule has 0 unspecified atom stereocenters. The molecule has 0 radical (unpaired) electrons. The zero-order chi connectivity index (χ0) is 15.5. The molecule has 3 aromatic heterocycles. The first-order valence-electron chi connectivity index (χ1n) is 7.87. The second-order valence-corrected chi connectivity index (χ2v) is 5.86. The lowest BCUT2D eigenvalue weighted by Crippen LogP contribution is -2.23. The summed E-state index contributed by atoms with van der Waals surface area (Å²) in [6.45, 7) is 4.52. The molecule has 4 heterocycles. The van der Waals surface area contributed by atoms with Gasteiger partial charge in [-0.25, -0.2) is 9.67 Å². The summed E-state index contributed by atoms with van der Waals surface area (Å²) in [5.74, 6) is 0. The van der Waals surface area contributed by atoms with Crippen LogP contribution in [0.15, 0.2) is 43.2 Å². The van der Waals surface area contributed by atoms with Crippen molar-refractivity contribution in [1.29, 1.82) is 0 Å². The number of nitrogens with zero attached hydrogens (tertiary/aromatic N) is 7. The van der Waals surface area contributed by atoms with Crippen LogP contribution in [-0.4, -0.2) is 41.0 Å². The van der Waals surface area contributed by atoms with Crippen molar-refractivity contribution in [2.24, 2.45) is 0 Å². The van der Waals surface area contributed by atoms with Crippen LogP contribution in [0.3, 0.4) is 0 Å². The van der Waals surface area contributed by atoms with Crippen molar-refractivity contribution in [2.75, 3.05) is 6.54 Å². The monoisotopic (exact) mass is 309 g/mol. The highest BCUT2D eigenvalue weighted by Gasteiger charge is 2.20. The van der Waals surface area contributed by atoms with Crippen LogP contribution >= 0.6 is 0 Å². The van der Waals surface area contributed by atoms with E-state index in [-0.39, 0.29) is 0 Å². The normalized spacial score (nSPS) is 15.3. The molecule has 0 fully saturated rings. The molecule has 0 aromatic carbocycles. The van der Waals surface area contributed by atoms with E-state index in [4.69, 9.17) is 0 Å². The van der Waals surface area contributed by atoms with E-state index in [1.54, 1.807) is 6.20 Å². The fourth-order valence-corrected chi connectivity index (χ4v) is 3.01. The number of imidazole rings is 1. The quantitative estimate of drug-likeness (QED) is 0.727. The van der Waals surface area contributed by atoms with Crippen molar-refractivity contribution in [2.45, 2.75) is 32.6 Å². The van der Waals surface area contributed by atoms with Gasteiger partial charge in [-0.3, -0.25) is 9.88 Å². The van der Waals surface area contributed by atoms with Crippen molar-refractivity contribution in [3.8, 4) is 0 Å². The topological polar surface area (TPSA) is 64.7 Å². The summed E-state index contributed by atoms with van der Waals surface area (Å²) in [7, 11) is 0. The van der Waals surface area contributed by atoms with E-state index >= 15 is 0 Å². The van der Waals surface area contributed by atoms with E-state index in [1.165, 1.54) is 11.3 Å². The summed E-state index contributed by atoms with van der Waals surface area (Å²) >= 11 is 0. The Labute approximate surface area is 134 Å². The number of fused-ring (bicyclic) bond motifs is 1. The highest BCUT2D eigenvalue weighted by molar-refractivity contribution is 5.14. The number of pyridine rings is 1. The van der Waals surface area contributed by atoms with Crippen LogP contribution in [0.2, 0.25) is 0 Å². The summed E-state index contributed by atoms with van der Waals surface area (Å²) < 4.78 is 4.09. The lowest BCUT2D eigenvalue weighted by atomic mass is 10.2. The van der Waals surface area contributed by atoms with Gasteiger partial charge in [0, 0.05) is 51.0 Å². The van der Waals surface area contributed by atoms with Crippen molar-refractivity contribution >= 4 is 0 Å². The van der Waals surface area contributed by atoms with Gasteiger partial charge in [0.2, 0.25) is 0 Å². The van der Waals surface area contributed by atoms with Crippen LogP contribution in [0.25, 0.3) is 0 Å². The highest BCUT2D eigenvalue weighted by Crippen LogP contribution is 2.17. The Morgan fingerprint density at radius 3 is 2.74 bits per heavy atom. The molecule has 7 nitrogen and oxygen atoms in total. The largest absolute Gasteiger partial charge is 0.331 e. The van der Waals surface area contributed by atoms with Crippen LogP contribution in [-0.2, 0) is 26.2 Å². The highest BCUT2D eigenvalue weighted by atomic mass is 15.4. The molecule has 0 aliphatic carbocycles. The van der Waals surface area contributed by atoms with Gasteiger partial charge in [0.05, 0.1) is 18.6 Å². The van der Waals surface area contributed by atoms with E-state index in [1.807, 2.05) is 29.5 Å². The number of aryl methyl sites for hydroxylation is 1. The predicted octanol–water partition coefficient (Wildman–Crippen LogP) is 1.32. The molecule has 0 saturated carbocycles. The Morgan fingerprint density at radius 1 is 1.00 bits per heavy atom. The van der Waals surface area contributed by atoms with Crippen LogP contribution in [0.1, 0.15) is 23.4 Å². The van der Waals surface area contributed by atoms with E-state index in [0.717, 1.165) is 44.8 Å². The average Bonchev–Trinajstić information content (AvgIpc) is 3.16. The average molecular weight is 309 g/mol. The third kappa shape index (κ3) is 3.14. The Kier molecular flexibility index (Phi) is 3.85. The molecule has 0 atom stereocenters. The maximum Gasteiger partial charge on any atom is 0.107 e. The SMILES string of the molecule is c1cc(CN2CCCn3nnc(Cn4ccnc4)c3C2)ccn1. The standard InChI is InChI=1S/C16H19N7/c1-7-21(10-14-2-4-17-5-3-14)12-16-15(19-20-23(16)8-1)11-22-9-6-18-13-22/h2-6,9,13H,1,7-8,10-12H2. The molecule has 0 N–H and O–H groups in total. The van der Waals surface area contributed by atoms with Crippen LogP contribution < -0.4 is 0 Å². The lowest BCUT2D eigenvalue weighted by Gasteiger charge is -2.19. The Bertz CT molecular complexity index is 748. The molecule has 1 aliphatic rings. The van der Waals surface area contributed by atoms with Crippen molar-refractivity contribution in [3.05, 3.63) is 60.2 Å². The molecule has 0 amide bonds. The van der Waals surface area contributed by atoms with Gasteiger partial charge >= 0.3 is 0 Å². The smallest absolute Gasteiger partial charge is 0.107 e. The summed E-state index contributed by atoms with van der Waals surface area (Å²) in [6, 6.07) is 4.15. The third-order valence-electron chi connectivity index (χ3n) is 4.18. The van der Waals surface area contributed by atoms with Crippen molar-refractivity contribution < 1.29 is 0 Å². The Balaban J connectivity index is 1.54. The third-order valence-corrected chi connectivity index (χ3v) is 4.18. The summed E-state index contributed by atoms with van der Waals surface area (Å²) in [6.07, 6.45) is 10.4. The molecule has 118 valence electrons. The minimum absolute atomic E-state index is 0.721. The zero-order valence-electron chi connectivity index (χ0n) is 12.9. The Morgan fingerprint density at radius 2 is 1.91 bits per heavy atom. The molecule has 7 heteroatoms. The molecule has 23 heavy (non-hydrogen) atoms. The zero-order valence-corrected chi connectivity index (χ0v) is 12.9. The van der Waals surface area contributed by atoms with Crippen molar-refractivity contribution in [3.63, 3.8) is 0 Å². The van der Waals surface area contributed by atoms with Gasteiger partial charge in [-0.05, 0) is 24.1 Å². The maximum absolute atomic E-state index is 4.38. The van der Waals surface area contributed by atoms with Crippen molar-refractivity contribution in [1.82, 2.24) is 34.4 Å². The second-order valence-electron chi connectivity index (χ2n) is 5.86. The van der Waals surface area contributed by atoms with Crippen LogP contribution in [0.5, 0.6) is 0 Å². The molecule has 3 aromatic rings. The fraction of sp³-hybridized carbons (Fsp3) is 0.375. The fourth-order valence-electron chi connectivity index (χ4n) is 3.01. The molecule has 0 bridgehead atoms. The first-order valence-corrected chi connectivity index (χ1v) is 7.87. The molecule has 0 spiro atoms. The van der Waals surface area contributed by atoms with Gasteiger partial charge < -0.3 is 4.57 Å². The van der Waals surface area contributed by atoms with Gasteiger partial charge in [0.25, 0.3) is 0 Å². The minimum Gasteiger partial charge on any atom is -0.331 e. The molecule has 4 rings (SSSR count). The van der Waals surface area contributed by atoms with Crippen LogP contribution in [0, 0.1) is 0 Å². The molecule has 0 saturated heterocycles. The molecule has 1 aliphatic heterocycles. The van der Waals surface area contributed by atoms with E-state index < -0.39 is 0 Å². The predicted molar refractivity (Wildman–Crippen MR) is 84.3 cm³/mol. The molecular weight excluding hydrogens is 290 g/mol. The summed E-state index contributed by atoms with van der Waals surface area (Å²) in [5, 5.41) is 8.72. The first kappa shape index (κ1) is 14.1. The first-order chi connectivity index (χ1) is 11.4.